The summed E-state index contributed by atoms with van der Waals surface area (Å²) in [5, 5.41) is 14.0. The molecule has 1 unspecified atom stereocenters. The van der Waals surface area contributed by atoms with Gasteiger partial charge in [0, 0.05) is 39.3 Å². The summed E-state index contributed by atoms with van der Waals surface area (Å²) in [7, 11) is 0. The fourth-order valence-electron chi connectivity index (χ4n) is 3.63. The molecule has 0 spiro atoms. The molecule has 0 radical (unpaired) electrons. The molecular formula is C19H29N3O3. The van der Waals surface area contributed by atoms with Gasteiger partial charge in [-0.25, -0.2) is 4.79 Å². The van der Waals surface area contributed by atoms with Crippen LogP contribution in [0.1, 0.15) is 24.8 Å². The third-order valence-corrected chi connectivity index (χ3v) is 5.02. The van der Waals surface area contributed by atoms with E-state index in [9.17, 15) is 9.90 Å². The highest BCUT2D eigenvalue weighted by Crippen LogP contribution is 2.18. The van der Waals surface area contributed by atoms with Gasteiger partial charge >= 0.3 is 6.09 Å². The third kappa shape index (κ3) is 5.42. The second-order valence-corrected chi connectivity index (χ2v) is 7.16. The standard InChI is InChI=1S/C19H29N3O3/c23-18(25-14-17-6-2-1-3-7-17)22-11-5-10-21(12-13-22)16-19(24)8-4-9-20-15-19/h1-3,6-7,20,24H,4-5,8-16H2. The van der Waals surface area contributed by atoms with Crippen molar-refractivity contribution in [3.63, 3.8) is 0 Å². The normalized spacial score (nSPS) is 25.4. The van der Waals surface area contributed by atoms with Gasteiger partial charge in [0.05, 0.1) is 5.60 Å². The summed E-state index contributed by atoms with van der Waals surface area (Å²) >= 11 is 0. The van der Waals surface area contributed by atoms with Gasteiger partial charge in [0.15, 0.2) is 0 Å². The van der Waals surface area contributed by atoms with Gasteiger partial charge in [-0.3, -0.25) is 4.90 Å². The van der Waals surface area contributed by atoms with E-state index in [1.807, 2.05) is 30.3 Å². The minimum atomic E-state index is -0.638. The van der Waals surface area contributed by atoms with Crippen LogP contribution in [0.5, 0.6) is 0 Å². The molecule has 0 aromatic heterocycles. The maximum absolute atomic E-state index is 12.3. The number of β-amino-alcohol motifs (C(OH)–C–C–N with tert-alkyl or cyclic N) is 1. The van der Waals surface area contributed by atoms with Gasteiger partial charge in [-0.15, -0.1) is 0 Å². The first kappa shape index (κ1) is 18.2. The van der Waals surface area contributed by atoms with Gasteiger partial charge in [0.25, 0.3) is 0 Å². The quantitative estimate of drug-likeness (QED) is 0.863. The summed E-state index contributed by atoms with van der Waals surface area (Å²) in [6.45, 7) is 5.68. The molecule has 1 aromatic rings. The Kier molecular flexibility index (Phi) is 6.29. The summed E-state index contributed by atoms with van der Waals surface area (Å²) in [5.74, 6) is 0. The lowest BCUT2D eigenvalue weighted by Crippen LogP contribution is -2.53. The Morgan fingerprint density at radius 2 is 2.00 bits per heavy atom. The van der Waals surface area contributed by atoms with Crippen molar-refractivity contribution in [2.45, 2.75) is 31.5 Å². The van der Waals surface area contributed by atoms with E-state index >= 15 is 0 Å². The van der Waals surface area contributed by atoms with Crippen molar-refractivity contribution in [2.75, 3.05) is 45.8 Å². The lowest BCUT2D eigenvalue weighted by molar-refractivity contribution is -0.0144. The number of nitrogens with zero attached hydrogens (tertiary/aromatic N) is 2. The highest BCUT2D eigenvalue weighted by Gasteiger charge is 2.32. The SMILES string of the molecule is O=C(OCc1ccccc1)N1CCCN(CC2(O)CCCNC2)CC1. The lowest BCUT2D eigenvalue weighted by atomic mass is 9.93. The highest BCUT2D eigenvalue weighted by atomic mass is 16.6. The maximum atomic E-state index is 12.3. The van der Waals surface area contributed by atoms with Crippen LogP contribution >= 0.6 is 0 Å². The second kappa shape index (κ2) is 8.65. The predicted octanol–water partition coefficient (Wildman–Crippen LogP) is 1.45. The van der Waals surface area contributed by atoms with E-state index in [-0.39, 0.29) is 6.09 Å². The highest BCUT2D eigenvalue weighted by molar-refractivity contribution is 5.67. The Hall–Kier alpha value is -1.63. The van der Waals surface area contributed by atoms with E-state index in [1.165, 1.54) is 0 Å². The van der Waals surface area contributed by atoms with E-state index in [1.54, 1.807) is 4.90 Å². The zero-order valence-corrected chi connectivity index (χ0v) is 14.8. The van der Waals surface area contributed by atoms with Crippen LogP contribution in [0.2, 0.25) is 0 Å². The molecule has 2 saturated heterocycles. The topological polar surface area (TPSA) is 65.0 Å². The molecule has 138 valence electrons. The van der Waals surface area contributed by atoms with Crippen molar-refractivity contribution < 1.29 is 14.6 Å². The fourth-order valence-corrected chi connectivity index (χ4v) is 3.63. The lowest BCUT2D eigenvalue weighted by Gasteiger charge is -2.37. The largest absolute Gasteiger partial charge is 0.445 e. The smallest absolute Gasteiger partial charge is 0.410 e. The molecule has 2 fully saturated rings. The first-order valence-electron chi connectivity index (χ1n) is 9.26. The second-order valence-electron chi connectivity index (χ2n) is 7.16. The number of ether oxygens (including phenoxy) is 1. The molecule has 3 rings (SSSR count). The fraction of sp³-hybridized carbons (Fsp3) is 0.632. The molecule has 1 amide bonds. The average Bonchev–Trinajstić information content (AvgIpc) is 2.86. The summed E-state index contributed by atoms with van der Waals surface area (Å²) in [6.07, 6.45) is 2.52. The molecule has 2 N–H and O–H groups in total. The van der Waals surface area contributed by atoms with Crippen LogP contribution in [0.15, 0.2) is 30.3 Å². The number of piperidine rings is 1. The van der Waals surface area contributed by atoms with Gasteiger partial charge in [0.1, 0.15) is 6.61 Å². The number of aliphatic hydroxyl groups is 1. The third-order valence-electron chi connectivity index (χ3n) is 5.02. The molecule has 1 aromatic carbocycles. The minimum absolute atomic E-state index is 0.247. The molecule has 6 heteroatoms. The number of nitrogens with one attached hydrogen (secondary N) is 1. The molecule has 2 heterocycles. The van der Waals surface area contributed by atoms with Crippen molar-refractivity contribution in [3.8, 4) is 0 Å². The monoisotopic (exact) mass is 347 g/mol. The molecule has 0 bridgehead atoms. The van der Waals surface area contributed by atoms with Crippen LogP contribution in [-0.4, -0.2) is 72.4 Å². The molecule has 1 atom stereocenters. The van der Waals surface area contributed by atoms with Gasteiger partial charge in [-0.05, 0) is 31.4 Å². The number of rotatable bonds is 4. The maximum Gasteiger partial charge on any atom is 0.410 e. The Morgan fingerprint density at radius 1 is 1.16 bits per heavy atom. The van der Waals surface area contributed by atoms with E-state index in [0.717, 1.165) is 44.5 Å². The summed E-state index contributed by atoms with van der Waals surface area (Å²) in [4.78, 5) is 16.4. The number of carbonyl (C=O) groups excluding carboxylic acids is 1. The Labute approximate surface area is 149 Å². The predicted molar refractivity (Wildman–Crippen MR) is 96.3 cm³/mol. The van der Waals surface area contributed by atoms with Crippen LogP contribution in [0.4, 0.5) is 4.79 Å². The Bertz CT molecular complexity index is 546. The zero-order valence-electron chi connectivity index (χ0n) is 14.8. The van der Waals surface area contributed by atoms with Gasteiger partial charge < -0.3 is 20.1 Å². The number of carbonyl (C=O) groups is 1. The molecule has 0 aliphatic carbocycles. The van der Waals surface area contributed by atoms with Crippen LogP contribution in [0.3, 0.4) is 0 Å². The molecule has 25 heavy (non-hydrogen) atoms. The van der Waals surface area contributed by atoms with Gasteiger partial charge in [-0.2, -0.15) is 0 Å². The average molecular weight is 347 g/mol. The van der Waals surface area contributed by atoms with Crippen LogP contribution in [0.25, 0.3) is 0 Å². The molecular weight excluding hydrogens is 318 g/mol. The minimum Gasteiger partial charge on any atom is -0.445 e. The van der Waals surface area contributed by atoms with Crippen LogP contribution in [-0.2, 0) is 11.3 Å². The van der Waals surface area contributed by atoms with Crippen molar-refractivity contribution >= 4 is 6.09 Å². The van der Waals surface area contributed by atoms with Crippen molar-refractivity contribution in [1.82, 2.24) is 15.1 Å². The van der Waals surface area contributed by atoms with E-state index in [0.29, 0.717) is 32.8 Å². The van der Waals surface area contributed by atoms with Crippen LogP contribution < -0.4 is 5.32 Å². The summed E-state index contributed by atoms with van der Waals surface area (Å²) in [5.41, 5.74) is 0.362. The molecule has 0 saturated carbocycles. The summed E-state index contributed by atoms with van der Waals surface area (Å²) in [6, 6.07) is 9.74. The number of hydrogen-bond donors (Lipinski definition) is 2. The molecule has 6 nitrogen and oxygen atoms in total. The number of hydrogen-bond acceptors (Lipinski definition) is 5. The Morgan fingerprint density at radius 3 is 2.76 bits per heavy atom. The first-order valence-corrected chi connectivity index (χ1v) is 9.26. The van der Waals surface area contributed by atoms with Gasteiger partial charge in [0.2, 0.25) is 0 Å². The van der Waals surface area contributed by atoms with E-state index in [4.69, 9.17) is 4.74 Å². The number of benzene rings is 1. The zero-order chi connectivity index (χ0) is 17.5. The van der Waals surface area contributed by atoms with Crippen molar-refractivity contribution in [1.29, 1.82) is 0 Å². The van der Waals surface area contributed by atoms with E-state index < -0.39 is 5.60 Å². The number of amides is 1. The first-order chi connectivity index (χ1) is 12.1. The summed E-state index contributed by atoms with van der Waals surface area (Å²) < 4.78 is 5.44. The van der Waals surface area contributed by atoms with Crippen molar-refractivity contribution in [3.05, 3.63) is 35.9 Å². The van der Waals surface area contributed by atoms with Gasteiger partial charge in [-0.1, -0.05) is 30.3 Å². The molecule has 2 aliphatic heterocycles. The van der Waals surface area contributed by atoms with Crippen LogP contribution in [0, 0.1) is 0 Å². The Balaban J connectivity index is 1.45. The van der Waals surface area contributed by atoms with E-state index in [2.05, 4.69) is 10.2 Å². The molecule has 2 aliphatic rings. The van der Waals surface area contributed by atoms with Crippen molar-refractivity contribution in [2.24, 2.45) is 0 Å².